The smallest absolute Gasteiger partial charge is 4.00 e. The molecule has 0 amide bonds. The number of hydrogen-bond donors (Lipinski definition) is 0. The van der Waals surface area contributed by atoms with E-state index in [1.807, 2.05) is 0 Å². The maximum Gasteiger partial charge on any atom is 4.00 e. The Labute approximate surface area is 238 Å². The molecule has 0 N–H and O–H groups in total. The summed E-state index contributed by atoms with van der Waals surface area (Å²) >= 11 is -25.2. The second-order valence-corrected chi connectivity index (χ2v) is 7.94. The van der Waals surface area contributed by atoms with E-state index in [-0.39, 0.29) is 70.6 Å². The quantitative estimate of drug-likeness (QED) is 0.203. The molecule has 0 heterocycles. The van der Waals surface area contributed by atoms with Crippen molar-refractivity contribution in [2.24, 2.45) is 0 Å². The van der Waals surface area contributed by atoms with Crippen LogP contribution in [0.3, 0.4) is 0 Å². The standard InChI is InChI=1S/Ba.6Nb.18O.Ti/q+2;;;;;;;;;;;;;;;;;;;6*-1;+4. The molecule has 26 heavy (non-hydrogen) atoms. The van der Waals surface area contributed by atoms with Crippen molar-refractivity contribution < 1.29 is 195 Å². The van der Waals surface area contributed by atoms with E-state index in [2.05, 4.69) is 0 Å². The van der Waals surface area contributed by atoms with E-state index in [9.17, 15) is 0 Å². The van der Waals surface area contributed by atoms with Gasteiger partial charge in [0.25, 0.3) is 0 Å². The molecule has 0 aromatic rings. The van der Waals surface area contributed by atoms with Crippen LogP contribution in [0.5, 0.6) is 0 Å². The molecule has 144 valence electrons. The second-order valence-electron chi connectivity index (χ2n) is 1.34. The van der Waals surface area contributed by atoms with Crippen LogP contribution < -0.4 is 21.7 Å². The third-order valence-electron chi connectivity index (χ3n) is 0. The van der Waals surface area contributed by atoms with Crippen molar-refractivity contribution in [3.8, 4) is 0 Å². The van der Waals surface area contributed by atoms with Crippen LogP contribution in [0.1, 0.15) is 0 Å². The summed E-state index contributed by atoms with van der Waals surface area (Å²) in [5, 5.41) is 0. The molecule has 0 atom stereocenters. The Kier molecular flexibility index (Phi) is 94.4. The topological polar surface area (TPSA) is 343 Å². The van der Waals surface area contributed by atoms with Crippen LogP contribution >= 0.6 is 0 Å². The summed E-state index contributed by atoms with van der Waals surface area (Å²) in [6.07, 6.45) is 0. The van der Waals surface area contributed by atoms with Crippen LogP contribution in [0.25, 0.3) is 0 Å². The van der Waals surface area contributed by atoms with Crippen molar-refractivity contribution >= 4 is 48.9 Å². The Morgan fingerprint density at radius 2 is 0.308 bits per heavy atom. The molecule has 0 fully saturated rings. The zero-order valence-corrected chi connectivity index (χ0v) is 30.4. The van der Waals surface area contributed by atoms with E-state index in [0.717, 1.165) is 0 Å². The molecular formula is BaNb6O18Ti. The summed E-state index contributed by atoms with van der Waals surface area (Å²) in [6, 6.07) is 0. The summed E-state index contributed by atoms with van der Waals surface area (Å²) < 4.78 is 155. The van der Waals surface area contributed by atoms with Crippen molar-refractivity contribution in [3.63, 3.8) is 0 Å². The fourth-order valence-corrected chi connectivity index (χ4v) is 0. The molecule has 0 saturated carbocycles. The van der Waals surface area contributed by atoms with Gasteiger partial charge in [0.2, 0.25) is 0 Å². The van der Waals surface area contributed by atoms with Gasteiger partial charge in [-0.05, 0) is 0 Å². The van der Waals surface area contributed by atoms with Gasteiger partial charge in [0.15, 0.2) is 0 Å². The molecule has 0 aliphatic carbocycles. The number of rotatable bonds is 0. The molecule has 0 rings (SSSR count). The molecule has 18 nitrogen and oxygen atoms in total. The van der Waals surface area contributed by atoms with E-state index in [1.165, 1.54) is 0 Å². The van der Waals surface area contributed by atoms with Crippen molar-refractivity contribution in [2.75, 3.05) is 0 Å². The third-order valence-corrected chi connectivity index (χ3v) is 0. The van der Waals surface area contributed by atoms with Crippen LogP contribution in [-0.4, -0.2) is 48.9 Å². The Hall–Kier alpha value is 4.09. The fourth-order valence-electron chi connectivity index (χ4n) is 0. The molecule has 0 bridgehead atoms. The Balaban J connectivity index is -0.0000000245. The van der Waals surface area contributed by atoms with Gasteiger partial charge in [-0.1, -0.05) is 0 Å². The normalized spacial score (nSPS) is 5.77. The average molecular weight is 1030 g/mol. The van der Waals surface area contributed by atoms with Crippen molar-refractivity contribution in [2.45, 2.75) is 0 Å². The monoisotopic (exact) mass is 1030 g/mol. The maximum absolute atomic E-state index is 8.60. The fraction of sp³-hybridized carbons (Fsp3) is 0. The first kappa shape index (κ1) is 52.2. The first-order valence-corrected chi connectivity index (χ1v) is 19.4. The van der Waals surface area contributed by atoms with E-state index in [0.29, 0.717) is 0 Å². The Bertz CT molecular complexity index is 477. The van der Waals surface area contributed by atoms with Crippen LogP contribution in [-0.2, 0) is 173 Å². The van der Waals surface area contributed by atoms with Crippen LogP contribution in [0.15, 0.2) is 0 Å². The maximum atomic E-state index is 8.60. The molecule has 0 saturated heterocycles. The van der Waals surface area contributed by atoms with Gasteiger partial charge in [-0.2, -0.15) is 0 Å². The van der Waals surface area contributed by atoms with E-state index >= 15 is 0 Å². The molecule has 0 aromatic carbocycles. The third kappa shape index (κ3) is 1230. The first-order chi connectivity index (χ1) is 10.4. The van der Waals surface area contributed by atoms with Crippen molar-refractivity contribution in [3.05, 3.63) is 0 Å². The van der Waals surface area contributed by atoms with Gasteiger partial charge in [-0.15, -0.1) is 0 Å². The van der Waals surface area contributed by atoms with Crippen molar-refractivity contribution in [1.29, 1.82) is 0 Å². The molecule has 0 spiro atoms. The van der Waals surface area contributed by atoms with Gasteiger partial charge < -0.3 is 0 Å². The summed E-state index contributed by atoms with van der Waals surface area (Å²) in [5.41, 5.74) is 0. The van der Waals surface area contributed by atoms with Crippen molar-refractivity contribution in [1.82, 2.24) is 0 Å². The minimum Gasteiger partial charge on any atom is 4.00 e. The summed E-state index contributed by atoms with van der Waals surface area (Å²) in [7, 11) is 0. The molecule has 0 unspecified atom stereocenters. The largest absolute Gasteiger partial charge is 4.00 e. The average Bonchev–Trinajstić information content (AvgIpc) is 2.08. The second kappa shape index (κ2) is 47.0. The minimum atomic E-state index is -4.20. The van der Waals surface area contributed by atoms with E-state index in [1.54, 1.807) is 0 Å². The van der Waals surface area contributed by atoms with Gasteiger partial charge in [-0.25, -0.2) is 0 Å². The Morgan fingerprint density at radius 1 is 0.308 bits per heavy atom. The van der Waals surface area contributed by atoms with Crippen LogP contribution in [0.2, 0.25) is 0 Å². The molecule has 0 aliphatic rings. The van der Waals surface area contributed by atoms with Gasteiger partial charge in [0, 0.05) is 0 Å². The zero-order chi connectivity index (χ0) is 21.5. The predicted octanol–water partition coefficient (Wildman–Crippen LogP) is -8.96. The SMILES string of the molecule is [Ba+2].[O]=[Nb](=[O])[O-].[O]=[Nb](=[O])[O-].[O]=[Nb](=[O])[O-].[O]=[Nb](=[O])[O-].[O]=[Nb](=[O])[O-].[O]=[Nb](=[O])[O-].[Ti+4]. The minimum absolute atomic E-state index is 0. The summed E-state index contributed by atoms with van der Waals surface area (Å²) in [6.45, 7) is 0. The molecular weight excluding hydrogens is 1030 g/mol. The van der Waals surface area contributed by atoms with Gasteiger partial charge in [-0.3, -0.25) is 0 Å². The van der Waals surface area contributed by atoms with Crippen LogP contribution in [0.4, 0.5) is 0 Å². The van der Waals surface area contributed by atoms with E-state index < -0.39 is 113 Å². The molecule has 0 radical (unpaired) electrons. The van der Waals surface area contributed by atoms with Gasteiger partial charge in [0.05, 0.1) is 0 Å². The molecule has 26 heteroatoms. The first-order valence-electron chi connectivity index (χ1n) is 3.29. The predicted molar refractivity (Wildman–Crippen MR) is 14.0 cm³/mol. The Morgan fingerprint density at radius 3 is 0.308 bits per heavy atom. The summed E-state index contributed by atoms with van der Waals surface area (Å²) in [5.74, 6) is 0. The zero-order valence-electron chi connectivity index (χ0n) is 11.2. The molecule has 0 aliphatic heterocycles. The van der Waals surface area contributed by atoms with Gasteiger partial charge >= 0.3 is 244 Å². The number of hydrogen-bond acceptors (Lipinski definition) is 18. The molecule has 0 aromatic heterocycles. The van der Waals surface area contributed by atoms with E-state index in [4.69, 9.17) is 60.7 Å². The van der Waals surface area contributed by atoms with Crippen LogP contribution in [0, 0.1) is 0 Å². The van der Waals surface area contributed by atoms with Gasteiger partial charge in [0.1, 0.15) is 0 Å². The summed E-state index contributed by atoms with van der Waals surface area (Å²) in [4.78, 5) is 0.